The van der Waals surface area contributed by atoms with Crippen LogP contribution in [0.25, 0.3) is 11.1 Å². The number of hydrogen-bond donors (Lipinski definition) is 0. The molecule has 0 amide bonds. The third kappa shape index (κ3) is 4.65. The molecule has 1 atom stereocenters. The maximum absolute atomic E-state index is 13.0. The van der Waals surface area contributed by atoms with E-state index >= 15 is 0 Å². The molecule has 4 nitrogen and oxygen atoms in total. The molecule has 0 aliphatic carbocycles. The highest BCUT2D eigenvalue weighted by atomic mass is 32.2. The second kappa shape index (κ2) is 8.81. The first-order valence-corrected chi connectivity index (χ1v) is 13.0. The van der Waals surface area contributed by atoms with Gasteiger partial charge in [0.2, 0.25) is 10.0 Å². The molecule has 2 aliphatic rings. The zero-order valence-corrected chi connectivity index (χ0v) is 19.2. The van der Waals surface area contributed by atoms with Crippen molar-refractivity contribution in [1.29, 1.82) is 0 Å². The van der Waals surface area contributed by atoms with Crippen molar-refractivity contribution in [2.24, 2.45) is 5.41 Å². The highest BCUT2D eigenvalue weighted by molar-refractivity contribution is 7.88. The van der Waals surface area contributed by atoms with Crippen molar-refractivity contribution < 1.29 is 8.42 Å². The molecule has 2 fully saturated rings. The number of hydrogen-bond acceptors (Lipinski definition) is 3. The summed E-state index contributed by atoms with van der Waals surface area (Å²) in [6.07, 6.45) is 2.04. The summed E-state index contributed by atoms with van der Waals surface area (Å²) in [6.45, 7) is 4.24. The van der Waals surface area contributed by atoms with Gasteiger partial charge in [-0.3, -0.25) is 4.90 Å². The van der Waals surface area contributed by atoms with Gasteiger partial charge in [-0.15, -0.1) is 0 Å². The Morgan fingerprint density at radius 2 is 1.31 bits per heavy atom. The molecule has 32 heavy (non-hydrogen) atoms. The van der Waals surface area contributed by atoms with E-state index in [4.69, 9.17) is 0 Å². The summed E-state index contributed by atoms with van der Waals surface area (Å²) in [7, 11) is -3.27. The zero-order chi connectivity index (χ0) is 22.0. The van der Waals surface area contributed by atoms with Crippen LogP contribution in [-0.2, 0) is 22.3 Å². The predicted octanol–water partition coefficient (Wildman–Crippen LogP) is 4.78. The highest BCUT2D eigenvalue weighted by Gasteiger charge is 2.46. The average Bonchev–Trinajstić information content (AvgIpc) is 3.42. The normalized spacial score (nSPS) is 22.0. The Morgan fingerprint density at radius 3 is 2.03 bits per heavy atom. The topological polar surface area (TPSA) is 40.6 Å². The molecular formula is C27H30N2O2S. The smallest absolute Gasteiger partial charge is 0.218 e. The predicted molar refractivity (Wildman–Crippen MR) is 129 cm³/mol. The molecule has 0 aromatic heterocycles. The van der Waals surface area contributed by atoms with E-state index in [0.717, 1.165) is 38.0 Å². The van der Waals surface area contributed by atoms with Gasteiger partial charge in [0, 0.05) is 26.2 Å². The van der Waals surface area contributed by atoms with Crippen molar-refractivity contribution in [2.75, 3.05) is 26.2 Å². The van der Waals surface area contributed by atoms with Crippen molar-refractivity contribution in [1.82, 2.24) is 9.21 Å². The molecule has 3 aromatic rings. The van der Waals surface area contributed by atoms with Crippen LogP contribution in [0.4, 0.5) is 0 Å². The van der Waals surface area contributed by atoms with Crippen LogP contribution in [0.5, 0.6) is 0 Å². The molecule has 0 N–H and O–H groups in total. The fraction of sp³-hybridized carbons (Fsp3) is 0.333. The largest absolute Gasteiger partial charge is 0.298 e. The van der Waals surface area contributed by atoms with Crippen LogP contribution in [-0.4, -0.2) is 43.8 Å². The number of rotatable bonds is 6. The first-order valence-electron chi connectivity index (χ1n) is 11.4. The summed E-state index contributed by atoms with van der Waals surface area (Å²) in [4.78, 5) is 2.49. The lowest BCUT2D eigenvalue weighted by Crippen LogP contribution is -2.34. The molecule has 2 heterocycles. The number of likely N-dealkylation sites (tertiary alicyclic amines) is 1. The molecule has 166 valence electrons. The van der Waals surface area contributed by atoms with Gasteiger partial charge in [0.05, 0.1) is 5.75 Å². The zero-order valence-electron chi connectivity index (χ0n) is 18.4. The minimum atomic E-state index is -3.27. The summed E-state index contributed by atoms with van der Waals surface area (Å²) in [5, 5.41) is 0. The standard InChI is InChI=1S/C27H30N2O2S/c30-32(31,20-24-7-3-1-4-8-24)29-18-16-27(22-29)15-17-28(21-27)19-23-11-13-26(14-12-23)25-9-5-2-6-10-25/h1-14H,15-22H2/t27-/m1/s1. The molecule has 5 rings (SSSR count). The summed E-state index contributed by atoms with van der Waals surface area (Å²) >= 11 is 0. The van der Waals surface area contributed by atoms with E-state index in [1.807, 2.05) is 36.4 Å². The van der Waals surface area contributed by atoms with Crippen LogP contribution in [0.1, 0.15) is 24.0 Å². The van der Waals surface area contributed by atoms with E-state index in [2.05, 4.69) is 53.4 Å². The lowest BCUT2D eigenvalue weighted by Gasteiger charge is -2.25. The lowest BCUT2D eigenvalue weighted by molar-refractivity contribution is 0.260. The molecule has 0 radical (unpaired) electrons. The van der Waals surface area contributed by atoms with Gasteiger partial charge < -0.3 is 0 Å². The molecule has 5 heteroatoms. The van der Waals surface area contributed by atoms with Gasteiger partial charge in [0.15, 0.2) is 0 Å². The molecule has 2 saturated heterocycles. The van der Waals surface area contributed by atoms with Crippen molar-refractivity contribution in [3.05, 3.63) is 96.1 Å². The van der Waals surface area contributed by atoms with Crippen LogP contribution in [0.3, 0.4) is 0 Å². The van der Waals surface area contributed by atoms with Crippen LogP contribution in [0, 0.1) is 5.41 Å². The summed E-state index contributed by atoms with van der Waals surface area (Å²) in [6, 6.07) is 28.8. The molecule has 3 aromatic carbocycles. The summed E-state index contributed by atoms with van der Waals surface area (Å²) in [5.74, 6) is 0.0986. The van der Waals surface area contributed by atoms with E-state index in [-0.39, 0.29) is 11.2 Å². The van der Waals surface area contributed by atoms with Gasteiger partial charge in [-0.05, 0) is 47.1 Å². The second-order valence-electron chi connectivity index (χ2n) is 9.35. The highest BCUT2D eigenvalue weighted by Crippen LogP contribution is 2.41. The average molecular weight is 447 g/mol. The van der Waals surface area contributed by atoms with Crippen LogP contribution in [0.2, 0.25) is 0 Å². The summed E-state index contributed by atoms with van der Waals surface area (Å²) in [5.41, 5.74) is 4.76. The van der Waals surface area contributed by atoms with Gasteiger partial charge in [-0.25, -0.2) is 12.7 Å². The Morgan fingerprint density at radius 1 is 0.688 bits per heavy atom. The third-order valence-corrected chi connectivity index (χ3v) is 8.77. The molecule has 1 spiro atoms. The number of sulfonamides is 1. The van der Waals surface area contributed by atoms with Gasteiger partial charge >= 0.3 is 0 Å². The first kappa shape index (κ1) is 21.4. The van der Waals surface area contributed by atoms with E-state index < -0.39 is 10.0 Å². The minimum Gasteiger partial charge on any atom is -0.298 e. The van der Waals surface area contributed by atoms with Crippen molar-refractivity contribution in [2.45, 2.75) is 25.1 Å². The van der Waals surface area contributed by atoms with Crippen LogP contribution in [0.15, 0.2) is 84.9 Å². The van der Waals surface area contributed by atoms with Crippen LogP contribution >= 0.6 is 0 Å². The Kier molecular flexibility index (Phi) is 5.89. The monoisotopic (exact) mass is 446 g/mol. The second-order valence-corrected chi connectivity index (χ2v) is 11.3. The Hall–Kier alpha value is -2.47. The fourth-order valence-corrected chi connectivity index (χ4v) is 6.83. The SMILES string of the molecule is O=S(=O)(Cc1ccccc1)N1CC[C@@]2(CCN(Cc3ccc(-c4ccccc4)cc3)C2)C1. The van der Waals surface area contributed by atoms with Gasteiger partial charge in [0.25, 0.3) is 0 Å². The maximum Gasteiger partial charge on any atom is 0.218 e. The van der Waals surface area contributed by atoms with Gasteiger partial charge in [-0.1, -0.05) is 84.9 Å². The molecule has 0 saturated carbocycles. The number of nitrogens with zero attached hydrogens (tertiary/aromatic N) is 2. The molecule has 2 aliphatic heterocycles. The number of benzene rings is 3. The van der Waals surface area contributed by atoms with E-state index in [1.165, 1.54) is 16.7 Å². The van der Waals surface area contributed by atoms with E-state index in [1.54, 1.807) is 4.31 Å². The quantitative estimate of drug-likeness (QED) is 0.547. The molecule has 0 bridgehead atoms. The van der Waals surface area contributed by atoms with Crippen molar-refractivity contribution in [3.8, 4) is 11.1 Å². The van der Waals surface area contributed by atoms with Crippen LogP contribution < -0.4 is 0 Å². The fourth-order valence-electron chi connectivity index (χ4n) is 5.19. The first-order chi connectivity index (χ1) is 15.5. The maximum atomic E-state index is 13.0. The Balaban J connectivity index is 1.19. The lowest BCUT2D eigenvalue weighted by atomic mass is 9.86. The third-order valence-electron chi connectivity index (χ3n) is 6.97. The van der Waals surface area contributed by atoms with E-state index in [9.17, 15) is 8.42 Å². The summed E-state index contributed by atoms with van der Waals surface area (Å²) < 4.78 is 27.7. The van der Waals surface area contributed by atoms with Gasteiger partial charge in [0.1, 0.15) is 0 Å². The Bertz CT molecular complexity index is 1150. The molecule has 0 unspecified atom stereocenters. The van der Waals surface area contributed by atoms with Gasteiger partial charge in [-0.2, -0.15) is 0 Å². The Labute approximate surface area is 191 Å². The van der Waals surface area contributed by atoms with Crippen molar-refractivity contribution >= 4 is 10.0 Å². The minimum absolute atomic E-state index is 0.0986. The van der Waals surface area contributed by atoms with Crippen molar-refractivity contribution in [3.63, 3.8) is 0 Å². The van der Waals surface area contributed by atoms with E-state index in [0.29, 0.717) is 13.1 Å². The molecular weight excluding hydrogens is 416 g/mol.